The van der Waals surface area contributed by atoms with Crippen LogP contribution in [-0.2, 0) is 14.3 Å². The summed E-state index contributed by atoms with van der Waals surface area (Å²) in [6.45, 7) is 7.35. The van der Waals surface area contributed by atoms with Crippen LogP contribution in [0.25, 0.3) is 0 Å². The Balaban J connectivity index is 2.67. The summed E-state index contributed by atoms with van der Waals surface area (Å²) in [5, 5.41) is 2.54. The standard InChI is InChI=1S/C11H20N2O3/c1-4-16-7-9(8(2)3)13-6-10(14)12-5-11(13)15/h8-9H,4-7H2,1-3H3,(H,12,14). The molecule has 5 nitrogen and oxygen atoms in total. The summed E-state index contributed by atoms with van der Waals surface area (Å²) in [7, 11) is 0. The first-order chi connectivity index (χ1) is 7.56. The molecule has 92 valence electrons. The zero-order chi connectivity index (χ0) is 12.1. The number of carbonyl (C=O) groups excluding carboxylic acids is 2. The van der Waals surface area contributed by atoms with Crippen molar-refractivity contribution in [2.75, 3.05) is 26.3 Å². The Hall–Kier alpha value is -1.10. The lowest BCUT2D eigenvalue weighted by Crippen LogP contribution is -2.57. The Morgan fingerprint density at radius 3 is 2.69 bits per heavy atom. The van der Waals surface area contributed by atoms with Gasteiger partial charge in [0.2, 0.25) is 11.8 Å². The van der Waals surface area contributed by atoms with Crippen molar-refractivity contribution in [2.24, 2.45) is 5.92 Å². The third-order valence-electron chi connectivity index (χ3n) is 2.73. The van der Waals surface area contributed by atoms with E-state index in [1.165, 1.54) is 0 Å². The minimum atomic E-state index is -0.0956. The van der Waals surface area contributed by atoms with E-state index in [9.17, 15) is 9.59 Å². The van der Waals surface area contributed by atoms with Crippen LogP contribution < -0.4 is 5.32 Å². The van der Waals surface area contributed by atoms with E-state index in [1.54, 1.807) is 4.90 Å². The highest BCUT2D eigenvalue weighted by Gasteiger charge is 2.31. The van der Waals surface area contributed by atoms with Gasteiger partial charge in [-0.25, -0.2) is 0 Å². The molecule has 1 aliphatic rings. The maximum atomic E-state index is 11.7. The van der Waals surface area contributed by atoms with E-state index in [4.69, 9.17) is 4.74 Å². The Morgan fingerprint density at radius 1 is 1.44 bits per heavy atom. The minimum absolute atomic E-state index is 0.0153. The van der Waals surface area contributed by atoms with Gasteiger partial charge >= 0.3 is 0 Å². The van der Waals surface area contributed by atoms with Crippen LogP contribution >= 0.6 is 0 Å². The third kappa shape index (κ3) is 3.20. The van der Waals surface area contributed by atoms with Crippen molar-refractivity contribution in [3.05, 3.63) is 0 Å². The molecule has 1 rings (SSSR count). The molecular weight excluding hydrogens is 208 g/mol. The summed E-state index contributed by atoms with van der Waals surface area (Å²) >= 11 is 0. The van der Waals surface area contributed by atoms with E-state index in [2.05, 4.69) is 5.32 Å². The summed E-state index contributed by atoms with van der Waals surface area (Å²) < 4.78 is 5.37. The van der Waals surface area contributed by atoms with Crippen LogP contribution in [0, 0.1) is 5.92 Å². The molecule has 2 amide bonds. The molecule has 1 aliphatic heterocycles. The largest absolute Gasteiger partial charge is 0.380 e. The van der Waals surface area contributed by atoms with Gasteiger partial charge in [-0.15, -0.1) is 0 Å². The van der Waals surface area contributed by atoms with Crippen LogP contribution in [-0.4, -0.2) is 49.1 Å². The van der Waals surface area contributed by atoms with E-state index in [-0.39, 0.29) is 36.9 Å². The number of nitrogens with zero attached hydrogens (tertiary/aromatic N) is 1. The van der Waals surface area contributed by atoms with Crippen LogP contribution in [0.2, 0.25) is 0 Å². The molecule has 0 spiro atoms. The molecule has 0 radical (unpaired) electrons. The van der Waals surface area contributed by atoms with Gasteiger partial charge in [0.1, 0.15) is 0 Å². The highest BCUT2D eigenvalue weighted by molar-refractivity contribution is 5.92. The first kappa shape index (κ1) is 13.0. The van der Waals surface area contributed by atoms with Crippen LogP contribution in [0.1, 0.15) is 20.8 Å². The maximum absolute atomic E-state index is 11.7. The van der Waals surface area contributed by atoms with E-state index in [0.29, 0.717) is 13.2 Å². The topological polar surface area (TPSA) is 58.6 Å². The second-order valence-electron chi connectivity index (χ2n) is 4.27. The highest BCUT2D eigenvalue weighted by Crippen LogP contribution is 2.13. The van der Waals surface area contributed by atoms with E-state index in [0.717, 1.165) is 0 Å². The van der Waals surface area contributed by atoms with Crippen molar-refractivity contribution in [1.29, 1.82) is 0 Å². The number of rotatable bonds is 5. The number of nitrogens with one attached hydrogen (secondary N) is 1. The predicted octanol–water partition coefficient (Wildman–Crippen LogP) is 0.00590. The van der Waals surface area contributed by atoms with Crippen LogP contribution in [0.15, 0.2) is 0 Å². The van der Waals surface area contributed by atoms with Crippen molar-refractivity contribution in [3.63, 3.8) is 0 Å². The quantitative estimate of drug-likeness (QED) is 0.721. The monoisotopic (exact) mass is 228 g/mol. The molecular formula is C11H20N2O3. The number of amides is 2. The highest BCUT2D eigenvalue weighted by atomic mass is 16.5. The van der Waals surface area contributed by atoms with E-state index < -0.39 is 0 Å². The summed E-state index contributed by atoms with van der Waals surface area (Å²) in [4.78, 5) is 24.6. The first-order valence-electron chi connectivity index (χ1n) is 5.70. The van der Waals surface area contributed by atoms with Crippen molar-refractivity contribution in [2.45, 2.75) is 26.8 Å². The number of piperazine rings is 1. The second-order valence-corrected chi connectivity index (χ2v) is 4.27. The first-order valence-corrected chi connectivity index (χ1v) is 5.70. The van der Waals surface area contributed by atoms with Crippen molar-refractivity contribution >= 4 is 11.8 Å². The number of carbonyl (C=O) groups is 2. The van der Waals surface area contributed by atoms with Gasteiger partial charge in [0, 0.05) is 6.61 Å². The molecule has 1 N–H and O–H groups in total. The Bertz CT molecular complexity index is 266. The summed E-state index contributed by atoms with van der Waals surface area (Å²) in [6, 6.07) is -0.0153. The zero-order valence-electron chi connectivity index (χ0n) is 10.2. The molecule has 16 heavy (non-hydrogen) atoms. The molecule has 0 bridgehead atoms. The van der Waals surface area contributed by atoms with Gasteiger partial charge in [0.15, 0.2) is 0 Å². The molecule has 1 atom stereocenters. The third-order valence-corrected chi connectivity index (χ3v) is 2.73. The Kier molecular flexibility index (Phi) is 4.73. The smallest absolute Gasteiger partial charge is 0.242 e. The molecule has 0 aliphatic carbocycles. The number of ether oxygens (including phenoxy) is 1. The zero-order valence-corrected chi connectivity index (χ0v) is 10.2. The second kappa shape index (κ2) is 5.84. The van der Waals surface area contributed by atoms with Crippen LogP contribution in [0.5, 0.6) is 0 Å². The van der Waals surface area contributed by atoms with Gasteiger partial charge in [0.05, 0.1) is 25.7 Å². The number of hydrogen-bond acceptors (Lipinski definition) is 3. The molecule has 1 unspecified atom stereocenters. The molecule has 0 aromatic rings. The van der Waals surface area contributed by atoms with Gasteiger partial charge in [-0.2, -0.15) is 0 Å². The fraction of sp³-hybridized carbons (Fsp3) is 0.818. The van der Waals surface area contributed by atoms with Crippen molar-refractivity contribution < 1.29 is 14.3 Å². The molecule has 1 heterocycles. The fourth-order valence-corrected chi connectivity index (χ4v) is 1.76. The normalized spacial score (nSPS) is 18.9. The Labute approximate surface area is 96.1 Å². The molecule has 5 heteroatoms. The van der Waals surface area contributed by atoms with Gasteiger partial charge in [-0.05, 0) is 12.8 Å². The molecule has 1 saturated heterocycles. The van der Waals surface area contributed by atoms with Gasteiger partial charge in [-0.1, -0.05) is 13.8 Å². The molecule has 0 aromatic heterocycles. The predicted molar refractivity (Wildman–Crippen MR) is 59.8 cm³/mol. The van der Waals surface area contributed by atoms with Gasteiger partial charge in [-0.3, -0.25) is 9.59 Å². The lowest BCUT2D eigenvalue weighted by atomic mass is 10.0. The Morgan fingerprint density at radius 2 is 2.12 bits per heavy atom. The molecule has 0 aromatic carbocycles. The van der Waals surface area contributed by atoms with E-state index >= 15 is 0 Å². The average Bonchev–Trinajstić information content (AvgIpc) is 2.23. The minimum Gasteiger partial charge on any atom is -0.380 e. The van der Waals surface area contributed by atoms with Crippen LogP contribution in [0.4, 0.5) is 0 Å². The fourth-order valence-electron chi connectivity index (χ4n) is 1.76. The van der Waals surface area contributed by atoms with Crippen molar-refractivity contribution in [3.8, 4) is 0 Å². The van der Waals surface area contributed by atoms with E-state index in [1.807, 2.05) is 20.8 Å². The lowest BCUT2D eigenvalue weighted by molar-refractivity contribution is -0.145. The lowest BCUT2D eigenvalue weighted by Gasteiger charge is -2.36. The van der Waals surface area contributed by atoms with Gasteiger partial charge < -0.3 is 15.0 Å². The maximum Gasteiger partial charge on any atom is 0.242 e. The summed E-state index contributed by atoms with van der Waals surface area (Å²) in [6.07, 6.45) is 0. The molecule has 1 fully saturated rings. The summed E-state index contributed by atoms with van der Waals surface area (Å²) in [5.74, 6) is 0.154. The SMILES string of the molecule is CCOCC(C(C)C)N1CC(=O)NCC1=O. The summed E-state index contributed by atoms with van der Waals surface area (Å²) in [5.41, 5.74) is 0. The van der Waals surface area contributed by atoms with Crippen LogP contribution in [0.3, 0.4) is 0 Å². The number of hydrogen-bond donors (Lipinski definition) is 1. The van der Waals surface area contributed by atoms with Crippen molar-refractivity contribution in [1.82, 2.24) is 10.2 Å². The average molecular weight is 228 g/mol. The molecule has 0 saturated carbocycles. The van der Waals surface area contributed by atoms with Gasteiger partial charge in [0.25, 0.3) is 0 Å².